The molecule has 0 saturated carbocycles. The van der Waals surface area contributed by atoms with Gasteiger partial charge in [0.25, 0.3) is 5.92 Å². The molecule has 0 aromatic heterocycles. The van der Waals surface area contributed by atoms with E-state index in [2.05, 4.69) is 13.8 Å². The lowest BCUT2D eigenvalue weighted by Crippen LogP contribution is -2.11. The van der Waals surface area contributed by atoms with Crippen LogP contribution in [0.1, 0.15) is 71.6 Å². The molecule has 0 aliphatic heterocycles. The first-order chi connectivity index (χ1) is 7.62. The van der Waals surface area contributed by atoms with Crippen LogP contribution in [0.15, 0.2) is 12.2 Å². The maximum atomic E-state index is 13.3. The highest BCUT2D eigenvalue weighted by molar-refractivity contribution is 4.94. The number of halogens is 2. The third-order valence-corrected chi connectivity index (χ3v) is 2.70. The average Bonchev–Trinajstić information content (AvgIpc) is 2.24. The molecule has 0 aliphatic rings. The maximum Gasteiger partial charge on any atom is 0.266 e. The number of hydrogen-bond donors (Lipinski definition) is 0. The Bertz CT molecular complexity index is 174. The molecule has 0 amide bonds. The summed E-state index contributed by atoms with van der Waals surface area (Å²) in [5.41, 5.74) is 0. The van der Waals surface area contributed by atoms with Gasteiger partial charge in [0.2, 0.25) is 0 Å². The highest BCUT2D eigenvalue weighted by Crippen LogP contribution is 2.24. The summed E-state index contributed by atoms with van der Waals surface area (Å²) < 4.78 is 26.5. The molecule has 0 saturated heterocycles. The molecule has 0 atom stereocenters. The predicted octanol–water partition coefficient (Wildman–Crippen LogP) is 5.73. The van der Waals surface area contributed by atoms with Gasteiger partial charge in [0.1, 0.15) is 0 Å². The van der Waals surface area contributed by atoms with Crippen molar-refractivity contribution in [2.75, 3.05) is 0 Å². The second-order valence-electron chi connectivity index (χ2n) is 4.47. The molecule has 0 fully saturated rings. The number of unbranched alkanes of at least 4 members (excludes halogenated alkanes) is 6. The summed E-state index contributed by atoms with van der Waals surface area (Å²) in [7, 11) is 0. The fourth-order valence-electron chi connectivity index (χ4n) is 1.64. The zero-order valence-corrected chi connectivity index (χ0v) is 10.8. The normalized spacial score (nSPS) is 12.5. The summed E-state index contributed by atoms with van der Waals surface area (Å²) in [6, 6.07) is 0. The minimum absolute atomic E-state index is 0.0112. The van der Waals surface area contributed by atoms with Crippen LogP contribution in [0, 0.1) is 0 Å². The van der Waals surface area contributed by atoms with E-state index < -0.39 is 5.92 Å². The van der Waals surface area contributed by atoms with E-state index in [1.165, 1.54) is 0 Å². The minimum Gasteiger partial charge on any atom is -0.202 e. The Hall–Kier alpha value is -0.400. The standard InChI is InChI=1S/C14H26F2/c1-3-5-7-9-11-13-14(15,16)12-10-8-6-4-2/h11,13H,3-10,12H2,1-2H3/b13-11-. The Labute approximate surface area is 99.1 Å². The van der Waals surface area contributed by atoms with Crippen molar-refractivity contribution in [3.63, 3.8) is 0 Å². The van der Waals surface area contributed by atoms with Crippen molar-refractivity contribution < 1.29 is 8.78 Å². The molecular weight excluding hydrogens is 206 g/mol. The largest absolute Gasteiger partial charge is 0.266 e. The monoisotopic (exact) mass is 232 g/mol. The summed E-state index contributed by atoms with van der Waals surface area (Å²) in [6.45, 7) is 4.21. The van der Waals surface area contributed by atoms with Crippen LogP contribution in [0.5, 0.6) is 0 Å². The van der Waals surface area contributed by atoms with Gasteiger partial charge in [0.05, 0.1) is 0 Å². The first-order valence-corrected chi connectivity index (χ1v) is 6.68. The SMILES string of the molecule is CCCCC/C=C\C(F)(F)CCCCCC. The van der Waals surface area contributed by atoms with Gasteiger partial charge < -0.3 is 0 Å². The predicted molar refractivity (Wildman–Crippen MR) is 67.0 cm³/mol. The molecule has 0 spiro atoms. The van der Waals surface area contributed by atoms with Crippen molar-refractivity contribution in [3.05, 3.63) is 12.2 Å². The van der Waals surface area contributed by atoms with Gasteiger partial charge in [-0.3, -0.25) is 0 Å². The summed E-state index contributed by atoms with van der Waals surface area (Å²) in [4.78, 5) is 0. The van der Waals surface area contributed by atoms with E-state index in [9.17, 15) is 8.78 Å². The van der Waals surface area contributed by atoms with E-state index >= 15 is 0 Å². The van der Waals surface area contributed by atoms with Crippen molar-refractivity contribution in [3.8, 4) is 0 Å². The van der Waals surface area contributed by atoms with Crippen LogP contribution in [0.2, 0.25) is 0 Å². The first kappa shape index (κ1) is 15.6. The van der Waals surface area contributed by atoms with Crippen LogP contribution in [-0.2, 0) is 0 Å². The Morgan fingerprint density at radius 1 is 0.875 bits per heavy atom. The van der Waals surface area contributed by atoms with Gasteiger partial charge >= 0.3 is 0 Å². The third kappa shape index (κ3) is 10.1. The van der Waals surface area contributed by atoms with Gasteiger partial charge in [-0.15, -0.1) is 0 Å². The highest BCUT2D eigenvalue weighted by Gasteiger charge is 2.23. The lowest BCUT2D eigenvalue weighted by Gasteiger charge is -2.11. The Kier molecular flexibility index (Phi) is 9.55. The van der Waals surface area contributed by atoms with Crippen LogP contribution >= 0.6 is 0 Å². The summed E-state index contributed by atoms with van der Waals surface area (Å²) in [5, 5.41) is 0. The van der Waals surface area contributed by atoms with Crippen molar-refractivity contribution in [2.24, 2.45) is 0 Å². The van der Waals surface area contributed by atoms with E-state index in [1.54, 1.807) is 6.08 Å². The van der Waals surface area contributed by atoms with Crippen LogP contribution in [-0.4, -0.2) is 5.92 Å². The smallest absolute Gasteiger partial charge is 0.202 e. The Balaban J connectivity index is 3.59. The second kappa shape index (κ2) is 9.80. The molecule has 16 heavy (non-hydrogen) atoms. The third-order valence-electron chi connectivity index (χ3n) is 2.70. The molecule has 2 heteroatoms. The van der Waals surface area contributed by atoms with Crippen LogP contribution in [0.25, 0.3) is 0 Å². The van der Waals surface area contributed by atoms with Gasteiger partial charge in [-0.1, -0.05) is 52.0 Å². The number of hydrogen-bond acceptors (Lipinski definition) is 0. The molecule has 0 bridgehead atoms. The fraction of sp³-hybridized carbons (Fsp3) is 0.857. The van der Waals surface area contributed by atoms with E-state index in [4.69, 9.17) is 0 Å². The van der Waals surface area contributed by atoms with Gasteiger partial charge in [-0.05, 0) is 25.3 Å². The van der Waals surface area contributed by atoms with Crippen molar-refractivity contribution in [1.82, 2.24) is 0 Å². The lowest BCUT2D eigenvalue weighted by molar-refractivity contribution is 0.0424. The quantitative estimate of drug-likeness (QED) is 0.333. The van der Waals surface area contributed by atoms with Gasteiger partial charge in [-0.25, -0.2) is 8.78 Å². The molecule has 0 rings (SSSR count). The minimum atomic E-state index is -2.58. The topological polar surface area (TPSA) is 0 Å². The van der Waals surface area contributed by atoms with Gasteiger partial charge in [0.15, 0.2) is 0 Å². The number of alkyl halides is 2. The summed E-state index contributed by atoms with van der Waals surface area (Å²) >= 11 is 0. The Morgan fingerprint density at radius 3 is 2.12 bits per heavy atom. The van der Waals surface area contributed by atoms with Gasteiger partial charge in [0, 0.05) is 6.42 Å². The molecule has 0 nitrogen and oxygen atoms in total. The molecule has 0 aromatic rings. The summed E-state index contributed by atoms with van der Waals surface area (Å²) in [6.07, 6.45) is 10.6. The number of allylic oxidation sites excluding steroid dienone is 2. The molecule has 0 radical (unpaired) electrons. The first-order valence-electron chi connectivity index (χ1n) is 6.68. The summed E-state index contributed by atoms with van der Waals surface area (Å²) in [5.74, 6) is -2.58. The zero-order valence-electron chi connectivity index (χ0n) is 10.8. The van der Waals surface area contributed by atoms with Crippen LogP contribution in [0.3, 0.4) is 0 Å². The molecule has 0 heterocycles. The highest BCUT2D eigenvalue weighted by atomic mass is 19.3. The van der Waals surface area contributed by atoms with E-state index in [-0.39, 0.29) is 6.42 Å². The van der Waals surface area contributed by atoms with E-state index in [0.717, 1.165) is 51.0 Å². The van der Waals surface area contributed by atoms with Crippen LogP contribution in [0.4, 0.5) is 8.78 Å². The second-order valence-corrected chi connectivity index (χ2v) is 4.47. The molecule has 0 N–H and O–H groups in total. The fourth-order valence-corrected chi connectivity index (χ4v) is 1.64. The van der Waals surface area contributed by atoms with E-state index in [0.29, 0.717) is 6.42 Å². The van der Waals surface area contributed by atoms with Crippen molar-refractivity contribution >= 4 is 0 Å². The van der Waals surface area contributed by atoms with Crippen molar-refractivity contribution in [2.45, 2.75) is 77.6 Å². The maximum absolute atomic E-state index is 13.3. The molecule has 96 valence electrons. The lowest BCUT2D eigenvalue weighted by atomic mass is 10.1. The molecule has 0 unspecified atom stereocenters. The zero-order chi connectivity index (χ0) is 12.3. The van der Waals surface area contributed by atoms with Crippen molar-refractivity contribution in [1.29, 1.82) is 0 Å². The molecule has 0 aliphatic carbocycles. The number of rotatable bonds is 10. The van der Waals surface area contributed by atoms with E-state index in [1.807, 2.05) is 0 Å². The molecular formula is C14H26F2. The Morgan fingerprint density at radius 2 is 1.50 bits per heavy atom. The van der Waals surface area contributed by atoms with Crippen LogP contribution < -0.4 is 0 Å². The van der Waals surface area contributed by atoms with Gasteiger partial charge in [-0.2, -0.15) is 0 Å². The molecule has 0 aromatic carbocycles. The average molecular weight is 232 g/mol.